The molecule has 0 rings (SSSR count). The number of ether oxygens (including phenoxy) is 3. The number of rotatable bonds is 28. The zero-order valence-electron chi connectivity index (χ0n) is 21.8. The number of unbranched alkanes of at least 4 members (excludes halogenated alkanes) is 14. The van der Waals surface area contributed by atoms with Crippen LogP contribution in [0.2, 0.25) is 0 Å². The van der Waals surface area contributed by atoms with E-state index in [1.54, 1.807) is 6.26 Å². The van der Waals surface area contributed by atoms with E-state index in [9.17, 15) is 4.89 Å². The lowest BCUT2D eigenvalue weighted by molar-refractivity contribution is -0.214. The Morgan fingerprint density at radius 1 is 0.853 bits per heavy atom. The molecular weight excluding hydrogens is 457 g/mol. The van der Waals surface area contributed by atoms with Crippen LogP contribution in [0.4, 0.5) is 0 Å². The average Bonchev–Trinajstić information content (AvgIpc) is 2.84. The molecule has 34 heavy (non-hydrogen) atoms. The zero-order chi connectivity index (χ0) is 25.0. The Balaban J connectivity index is 3.56. The maximum absolute atomic E-state index is 9.59. The van der Waals surface area contributed by atoms with Crippen molar-refractivity contribution in [2.24, 2.45) is 5.73 Å². The van der Waals surface area contributed by atoms with Gasteiger partial charge in [0.15, 0.2) is 0 Å². The standard InChI is InChI=1S/C25H52NO7P/c1-3-4-5-6-7-8-9-10-11-12-13-14-15-16-17-18-20-29-22-25(30-24-28-2)23-32-34(27)33-31-21-19-26/h18,20,25,27H,3-17,19,21-24,26H2,1-2H3. The molecular formula is C25H52NO7P. The van der Waals surface area contributed by atoms with Crippen LogP contribution in [0.5, 0.6) is 0 Å². The highest BCUT2D eigenvalue weighted by atomic mass is 31.2. The summed E-state index contributed by atoms with van der Waals surface area (Å²) >= 11 is 0. The third kappa shape index (κ3) is 26.3. The molecule has 0 aliphatic rings. The van der Waals surface area contributed by atoms with Crippen molar-refractivity contribution in [2.75, 3.05) is 40.3 Å². The summed E-state index contributed by atoms with van der Waals surface area (Å²) in [7, 11) is -0.613. The van der Waals surface area contributed by atoms with Gasteiger partial charge in [0, 0.05) is 13.7 Å². The van der Waals surface area contributed by atoms with Crippen molar-refractivity contribution in [3.05, 3.63) is 12.3 Å². The first-order valence-electron chi connectivity index (χ1n) is 13.2. The lowest BCUT2D eigenvalue weighted by Crippen LogP contribution is -2.25. The maximum Gasteiger partial charge on any atom is 0.360 e. The third-order valence-electron chi connectivity index (χ3n) is 5.31. The molecule has 0 aromatic rings. The summed E-state index contributed by atoms with van der Waals surface area (Å²) in [6.07, 6.45) is 23.5. The van der Waals surface area contributed by atoms with E-state index in [-0.39, 0.29) is 26.6 Å². The van der Waals surface area contributed by atoms with Gasteiger partial charge >= 0.3 is 8.60 Å². The van der Waals surface area contributed by atoms with Crippen molar-refractivity contribution in [3.8, 4) is 0 Å². The van der Waals surface area contributed by atoms with Gasteiger partial charge in [0.1, 0.15) is 19.5 Å². The van der Waals surface area contributed by atoms with E-state index in [1.165, 1.54) is 97.0 Å². The van der Waals surface area contributed by atoms with Crippen molar-refractivity contribution < 1.29 is 33.2 Å². The molecule has 204 valence electrons. The molecule has 2 atom stereocenters. The topological polar surface area (TPSA) is 102 Å². The van der Waals surface area contributed by atoms with Crippen LogP contribution in [0.25, 0.3) is 0 Å². The molecule has 0 aromatic heterocycles. The Morgan fingerprint density at radius 3 is 2.00 bits per heavy atom. The van der Waals surface area contributed by atoms with Crippen LogP contribution < -0.4 is 5.73 Å². The second-order valence-corrected chi connectivity index (χ2v) is 9.39. The van der Waals surface area contributed by atoms with Gasteiger partial charge < -0.3 is 29.4 Å². The lowest BCUT2D eigenvalue weighted by Gasteiger charge is -2.18. The quantitative estimate of drug-likeness (QED) is 0.0307. The van der Waals surface area contributed by atoms with Crippen LogP contribution in [0.15, 0.2) is 12.3 Å². The smallest absolute Gasteiger partial charge is 0.360 e. The van der Waals surface area contributed by atoms with E-state index in [1.807, 2.05) is 6.08 Å². The minimum atomic E-state index is -2.15. The summed E-state index contributed by atoms with van der Waals surface area (Å²) in [6.45, 7) is 3.22. The van der Waals surface area contributed by atoms with Gasteiger partial charge in [-0.1, -0.05) is 90.4 Å². The van der Waals surface area contributed by atoms with Gasteiger partial charge in [-0.05, 0) is 18.9 Å². The normalized spacial score (nSPS) is 13.5. The molecule has 0 saturated carbocycles. The van der Waals surface area contributed by atoms with Gasteiger partial charge in [-0.15, -0.1) is 0 Å². The predicted molar refractivity (Wildman–Crippen MR) is 138 cm³/mol. The molecule has 0 aliphatic heterocycles. The number of allylic oxidation sites excluding steroid dienone is 1. The largest absolute Gasteiger partial charge is 0.499 e. The molecule has 0 heterocycles. The summed E-state index contributed by atoms with van der Waals surface area (Å²) in [5, 5.41) is 0. The molecule has 8 nitrogen and oxygen atoms in total. The third-order valence-corrected chi connectivity index (χ3v) is 5.91. The number of methoxy groups -OCH3 is 1. The summed E-state index contributed by atoms with van der Waals surface area (Å²) in [6, 6.07) is 0. The Kier molecular flexibility index (Phi) is 28.7. The molecule has 0 bridgehead atoms. The van der Waals surface area contributed by atoms with E-state index < -0.39 is 14.7 Å². The van der Waals surface area contributed by atoms with Gasteiger partial charge in [0.2, 0.25) is 0 Å². The lowest BCUT2D eigenvalue weighted by atomic mass is 10.0. The molecule has 0 radical (unpaired) electrons. The van der Waals surface area contributed by atoms with Gasteiger partial charge in [0.25, 0.3) is 0 Å². The van der Waals surface area contributed by atoms with Crippen LogP contribution in [0.1, 0.15) is 103 Å². The summed E-state index contributed by atoms with van der Waals surface area (Å²) < 4.78 is 25.8. The van der Waals surface area contributed by atoms with Crippen LogP contribution in [0, 0.1) is 0 Å². The number of nitrogens with two attached hydrogens (primary N) is 1. The van der Waals surface area contributed by atoms with Gasteiger partial charge in [-0.25, -0.2) is 4.89 Å². The van der Waals surface area contributed by atoms with Crippen LogP contribution in [0.3, 0.4) is 0 Å². The Labute approximate surface area is 209 Å². The van der Waals surface area contributed by atoms with Crippen molar-refractivity contribution >= 4 is 8.60 Å². The summed E-state index contributed by atoms with van der Waals surface area (Å²) in [4.78, 5) is 14.3. The minimum Gasteiger partial charge on any atom is -0.499 e. The maximum atomic E-state index is 9.59. The van der Waals surface area contributed by atoms with Gasteiger partial charge in [0.05, 0.1) is 19.5 Å². The van der Waals surface area contributed by atoms with Crippen LogP contribution in [-0.4, -0.2) is 51.3 Å². The van der Waals surface area contributed by atoms with Gasteiger partial charge in [-0.3, -0.25) is 0 Å². The Hall–Kier alpha value is -0.310. The molecule has 0 amide bonds. The molecule has 0 fully saturated rings. The molecule has 2 unspecified atom stereocenters. The van der Waals surface area contributed by atoms with Crippen molar-refractivity contribution in [3.63, 3.8) is 0 Å². The molecule has 0 aromatic carbocycles. The fourth-order valence-electron chi connectivity index (χ4n) is 3.36. The van der Waals surface area contributed by atoms with E-state index >= 15 is 0 Å². The average molecular weight is 510 g/mol. The first-order chi connectivity index (χ1) is 16.7. The van der Waals surface area contributed by atoms with Crippen LogP contribution >= 0.6 is 8.60 Å². The van der Waals surface area contributed by atoms with E-state index in [0.717, 1.165) is 6.42 Å². The second kappa shape index (κ2) is 28.9. The fraction of sp³-hybridized carbons (Fsp3) is 0.920. The highest BCUT2D eigenvalue weighted by molar-refractivity contribution is 7.40. The molecule has 0 saturated heterocycles. The molecule has 3 N–H and O–H groups in total. The van der Waals surface area contributed by atoms with E-state index in [2.05, 4.69) is 16.5 Å². The zero-order valence-corrected chi connectivity index (χ0v) is 22.7. The predicted octanol–water partition coefficient (Wildman–Crippen LogP) is 6.52. The highest BCUT2D eigenvalue weighted by Crippen LogP contribution is 2.33. The Morgan fingerprint density at radius 2 is 1.44 bits per heavy atom. The fourth-order valence-corrected chi connectivity index (χ4v) is 3.86. The van der Waals surface area contributed by atoms with Crippen molar-refractivity contribution in [1.29, 1.82) is 0 Å². The number of hydrogen-bond donors (Lipinski definition) is 2. The molecule has 9 heteroatoms. The summed E-state index contributed by atoms with van der Waals surface area (Å²) in [5.74, 6) is 0. The van der Waals surface area contributed by atoms with E-state index in [0.29, 0.717) is 6.54 Å². The summed E-state index contributed by atoms with van der Waals surface area (Å²) in [5.41, 5.74) is 5.27. The van der Waals surface area contributed by atoms with Crippen molar-refractivity contribution in [1.82, 2.24) is 0 Å². The Bertz CT molecular complexity index is 419. The first kappa shape index (κ1) is 33.7. The molecule has 0 aliphatic carbocycles. The van der Waals surface area contributed by atoms with Gasteiger partial charge in [-0.2, -0.15) is 4.67 Å². The van der Waals surface area contributed by atoms with E-state index in [4.69, 9.17) is 24.5 Å². The monoisotopic (exact) mass is 509 g/mol. The number of hydrogen-bond acceptors (Lipinski definition) is 8. The SMILES string of the molecule is CCCCCCCCCCCCCCCCC=COCC(COP(O)OOCCN)OCOC. The first-order valence-corrected chi connectivity index (χ1v) is 14.4. The molecule has 0 spiro atoms. The second-order valence-electron chi connectivity index (χ2n) is 8.50. The minimum absolute atomic E-state index is 0.0876. The highest BCUT2D eigenvalue weighted by Gasteiger charge is 2.15. The van der Waals surface area contributed by atoms with Crippen molar-refractivity contribution in [2.45, 2.75) is 109 Å². The van der Waals surface area contributed by atoms with Crippen LogP contribution in [-0.2, 0) is 28.3 Å².